The highest BCUT2D eigenvalue weighted by molar-refractivity contribution is 7.91. The first-order valence-corrected chi connectivity index (χ1v) is 13.7. The van der Waals surface area contributed by atoms with Gasteiger partial charge in [0.15, 0.2) is 21.1 Å². The largest absolute Gasteiger partial charge is 0.493 e. The van der Waals surface area contributed by atoms with Crippen LogP contribution in [-0.2, 0) is 28.1 Å². The molecular weight excluding hydrogens is 539 g/mol. The highest BCUT2D eigenvalue weighted by Crippen LogP contribution is 2.43. The van der Waals surface area contributed by atoms with Crippen molar-refractivity contribution in [1.82, 2.24) is 25.1 Å². The van der Waals surface area contributed by atoms with Crippen molar-refractivity contribution < 1.29 is 35.9 Å². The molecule has 0 aromatic carbocycles. The summed E-state index contributed by atoms with van der Waals surface area (Å²) in [5.41, 5.74) is -1.44. The predicted molar refractivity (Wildman–Crippen MR) is 136 cm³/mol. The summed E-state index contributed by atoms with van der Waals surface area (Å²) in [5, 5.41) is 6.98. The number of hydrogen-bond acceptors (Lipinski definition) is 8. The molecule has 1 amide bonds. The summed E-state index contributed by atoms with van der Waals surface area (Å²) >= 11 is 0. The minimum Gasteiger partial charge on any atom is -0.493 e. The Labute approximate surface area is 224 Å². The van der Waals surface area contributed by atoms with Crippen molar-refractivity contribution in [3.8, 4) is 17.5 Å². The van der Waals surface area contributed by atoms with Gasteiger partial charge in [0.2, 0.25) is 11.8 Å². The summed E-state index contributed by atoms with van der Waals surface area (Å²) in [6.45, 7) is 9.79. The Morgan fingerprint density at radius 1 is 1.10 bits per heavy atom. The van der Waals surface area contributed by atoms with Gasteiger partial charge in [-0.1, -0.05) is 6.92 Å². The van der Waals surface area contributed by atoms with E-state index in [4.69, 9.17) is 9.47 Å². The molecule has 0 spiro atoms. The number of aromatic nitrogens is 4. The van der Waals surface area contributed by atoms with Gasteiger partial charge in [-0.25, -0.2) is 18.1 Å². The zero-order valence-corrected chi connectivity index (χ0v) is 23.2. The van der Waals surface area contributed by atoms with Crippen LogP contribution >= 0.6 is 0 Å². The van der Waals surface area contributed by atoms with E-state index < -0.39 is 44.7 Å². The second-order valence-corrected chi connectivity index (χ2v) is 11.7. The number of nitrogens with one attached hydrogen (secondary N) is 1. The fourth-order valence-corrected chi connectivity index (χ4v) is 4.35. The van der Waals surface area contributed by atoms with Crippen LogP contribution in [0.25, 0.3) is 0 Å². The number of nitrogens with zero attached hydrogens (tertiary/aromatic N) is 4. The quantitative estimate of drug-likeness (QED) is 0.394. The van der Waals surface area contributed by atoms with E-state index in [2.05, 4.69) is 20.4 Å². The van der Waals surface area contributed by atoms with Gasteiger partial charge in [-0.15, -0.1) is 0 Å². The molecular formula is C25H30F3N5O5S. The maximum absolute atomic E-state index is 13.9. The van der Waals surface area contributed by atoms with Crippen molar-refractivity contribution >= 4 is 15.7 Å². The van der Waals surface area contributed by atoms with Crippen molar-refractivity contribution in [2.24, 2.45) is 0 Å². The Balaban J connectivity index is 1.94. The van der Waals surface area contributed by atoms with Gasteiger partial charge in [0.25, 0.3) is 5.91 Å². The van der Waals surface area contributed by atoms with Gasteiger partial charge in [0.1, 0.15) is 5.75 Å². The molecule has 14 heteroatoms. The molecule has 0 saturated carbocycles. The molecule has 10 nitrogen and oxygen atoms in total. The molecule has 0 aliphatic rings. The van der Waals surface area contributed by atoms with Crippen LogP contribution in [0.3, 0.4) is 0 Å². The van der Waals surface area contributed by atoms with Gasteiger partial charge in [-0.2, -0.15) is 18.3 Å². The number of rotatable bonds is 9. The Bertz CT molecular complexity index is 1450. The van der Waals surface area contributed by atoms with Gasteiger partial charge >= 0.3 is 6.18 Å². The predicted octanol–water partition coefficient (Wildman–Crippen LogP) is 4.67. The Kier molecular flexibility index (Phi) is 8.58. The maximum Gasteiger partial charge on any atom is 0.425 e. The molecule has 0 fully saturated rings. The van der Waals surface area contributed by atoms with E-state index >= 15 is 0 Å². The molecule has 0 unspecified atom stereocenters. The van der Waals surface area contributed by atoms with Crippen LogP contribution in [-0.4, -0.2) is 46.4 Å². The normalized spacial score (nSPS) is 12.3. The van der Waals surface area contributed by atoms with Crippen molar-refractivity contribution in [3.05, 3.63) is 53.1 Å². The second-order valence-electron chi connectivity index (χ2n) is 9.45. The van der Waals surface area contributed by atoms with E-state index in [0.29, 0.717) is 5.69 Å². The van der Waals surface area contributed by atoms with Crippen LogP contribution < -0.4 is 14.8 Å². The highest BCUT2D eigenvalue weighted by Gasteiger charge is 2.40. The highest BCUT2D eigenvalue weighted by atomic mass is 32.2. The number of sulfone groups is 1. The van der Waals surface area contributed by atoms with Crippen LogP contribution in [0.4, 0.5) is 13.2 Å². The fraction of sp³-hybridized carbons (Fsp3) is 0.440. The van der Waals surface area contributed by atoms with E-state index in [-0.39, 0.29) is 40.9 Å². The van der Waals surface area contributed by atoms with E-state index in [9.17, 15) is 26.4 Å². The molecule has 3 rings (SSSR count). The number of carbonyl (C=O) groups is 1. The van der Waals surface area contributed by atoms with Crippen LogP contribution in [0.2, 0.25) is 0 Å². The van der Waals surface area contributed by atoms with Gasteiger partial charge in [0.05, 0.1) is 35.0 Å². The third-order valence-electron chi connectivity index (χ3n) is 5.54. The maximum atomic E-state index is 13.9. The summed E-state index contributed by atoms with van der Waals surface area (Å²) in [4.78, 5) is 21.0. The lowest BCUT2D eigenvalue weighted by Crippen LogP contribution is -2.27. The number of carbonyl (C=O) groups excluding carboxylic acids is 1. The van der Waals surface area contributed by atoms with Gasteiger partial charge in [-0.05, 0) is 52.8 Å². The molecule has 212 valence electrons. The fourth-order valence-electron chi connectivity index (χ4n) is 3.52. The summed E-state index contributed by atoms with van der Waals surface area (Å²) in [6, 6.07) is 3.98. The molecule has 0 saturated heterocycles. The van der Waals surface area contributed by atoms with E-state index in [0.717, 1.165) is 12.3 Å². The molecule has 0 radical (unpaired) electrons. The minimum absolute atomic E-state index is 0.00179. The molecule has 3 aromatic heterocycles. The number of ether oxygens (including phenoxy) is 2. The summed E-state index contributed by atoms with van der Waals surface area (Å²) in [5.74, 6) is -1.95. The molecule has 0 aliphatic carbocycles. The number of halogens is 3. The summed E-state index contributed by atoms with van der Waals surface area (Å²) in [6.07, 6.45) is -2.47. The standard InChI is InChI=1S/C25H30F3N5O5S/c1-7-37-18-11-12-29-22(19(18)25(26,27)28)38-23-15(3)20(32-33(23)24(4,5)6)21(34)31-13-16-9-10-17(14-30-16)39(35,36)8-2/h9-12,14H,7-8,13H2,1-6H3,(H,31,34). The topological polar surface area (TPSA) is 125 Å². The first-order valence-electron chi connectivity index (χ1n) is 12.0. The summed E-state index contributed by atoms with van der Waals surface area (Å²) < 4.78 is 78.0. The van der Waals surface area contributed by atoms with Crippen molar-refractivity contribution in [1.29, 1.82) is 0 Å². The molecule has 3 heterocycles. The number of hydrogen-bond donors (Lipinski definition) is 1. The molecule has 0 atom stereocenters. The van der Waals surface area contributed by atoms with Crippen LogP contribution in [0.5, 0.6) is 17.5 Å². The Morgan fingerprint density at radius 2 is 1.79 bits per heavy atom. The molecule has 0 bridgehead atoms. The van der Waals surface area contributed by atoms with E-state index in [1.165, 1.54) is 36.9 Å². The molecule has 0 aliphatic heterocycles. The van der Waals surface area contributed by atoms with Crippen LogP contribution in [0.1, 0.15) is 61.9 Å². The van der Waals surface area contributed by atoms with Crippen molar-refractivity contribution in [2.75, 3.05) is 12.4 Å². The molecule has 39 heavy (non-hydrogen) atoms. The zero-order chi connectivity index (χ0) is 29.2. The number of pyridine rings is 2. The zero-order valence-electron chi connectivity index (χ0n) is 22.4. The third-order valence-corrected chi connectivity index (χ3v) is 7.26. The first-order chi connectivity index (χ1) is 18.1. The average molecular weight is 570 g/mol. The minimum atomic E-state index is -4.83. The van der Waals surface area contributed by atoms with Crippen molar-refractivity contribution in [2.45, 2.75) is 64.7 Å². The van der Waals surface area contributed by atoms with Gasteiger partial charge in [0, 0.05) is 18.0 Å². The number of alkyl halides is 3. The van der Waals surface area contributed by atoms with Crippen molar-refractivity contribution in [3.63, 3.8) is 0 Å². The van der Waals surface area contributed by atoms with Gasteiger partial charge in [-0.3, -0.25) is 9.78 Å². The van der Waals surface area contributed by atoms with Gasteiger partial charge < -0.3 is 14.8 Å². The van der Waals surface area contributed by atoms with Crippen LogP contribution in [0.15, 0.2) is 35.5 Å². The van der Waals surface area contributed by atoms with Crippen LogP contribution in [0, 0.1) is 6.92 Å². The third kappa shape index (κ3) is 6.67. The average Bonchev–Trinajstić information content (AvgIpc) is 3.19. The smallest absolute Gasteiger partial charge is 0.425 e. The molecule has 1 N–H and O–H groups in total. The Morgan fingerprint density at radius 3 is 2.33 bits per heavy atom. The second kappa shape index (κ2) is 11.2. The monoisotopic (exact) mass is 569 g/mol. The van der Waals surface area contributed by atoms with E-state index in [1.54, 1.807) is 27.7 Å². The SMILES string of the molecule is CCOc1ccnc(Oc2c(C)c(C(=O)NCc3ccc(S(=O)(=O)CC)cn3)nn2C(C)(C)C)c1C(F)(F)F. The number of amides is 1. The lowest BCUT2D eigenvalue weighted by atomic mass is 10.1. The summed E-state index contributed by atoms with van der Waals surface area (Å²) in [7, 11) is -3.42. The first kappa shape index (κ1) is 29.9. The Hall–Kier alpha value is -3.68. The molecule has 3 aromatic rings. The lowest BCUT2D eigenvalue weighted by molar-refractivity contribution is -0.140. The lowest BCUT2D eigenvalue weighted by Gasteiger charge is -2.23. The van der Waals surface area contributed by atoms with E-state index in [1.807, 2.05) is 0 Å².